The third-order valence-corrected chi connectivity index (χ3v) is 7.09. The Morgan fingerprint density at radius 1 is 0.500 bits per heavy atom. The molecule has 30 heavy (non-hydrogen) atoms. The molecule has 0 rings (SSSR count). The first kappa shape index (κ1) is 28.4. The molecule has 0 aromatic rings. The van der Waals surface area contributed by atoms with Gasteiger partial charge in [0.2, 0.25) is 0 Å². The van der Waals surface area contributed by atoms with Gasteiger partial charge in [0.1, 0.15) is 22.4 Å². The van der Waals surface area contributed by atoms with Gasteiger partial charge in [0.25, 0.3) is 0 Å². The number of carbonyl (C=O) groups excluding carboxylic acids is 3. The standard InChI is InChI=1S/C23H42O7/c1-15(24)28-22(10,11)23(12,13)30-17(26)19(4,5)18(2,3)16(25)29-21(8,9)20(6,7)27-14/h1-14H3. The van der Waals surface area contributed by atoms with E-state index in [-0.39, 0.29) is 0 Å². The second-order valence-electron chi connectivity index (χ2n) is 10.9. The summed E-state index contributed by atoms with van der Waals surface area (Å²) < 4.78 is 22.4. The first-order valence-electron chi connectivity index (χ1n) is 10.2. The van der Waals surface area contributed by atoms with Crippen LogP contribution >= 0.6 is 0 Å². The van der Waals surface area contributed by atoms with Gasteiger partial charge in [-0.2, -0.15) is 0 Å². The van der Waals surface area contributed by atoms with E-state index in [1.165, 1.54) is 6.92 Å². The highest BCUT2D eigenvalue weighted by Crippen LogP contribution is 2.44. The molecule has 0 N–H and O–H groups in total. The summed E-state index contributed by atoms with van der Waals surface area (Å²) in [7, 11) is 1.55. The fraction of sp³-hybridized carbons (Fsp3) is 0.870. The van der Waals surface area contributed by atoms with Crippen LogP contribution in [0.25, 0.3) is 0 Å². The normalized spacial score (nSPS) is 14.2. The second kappa shape index (κ2) is 8.48. The lowest BCUT2D eigenvalue weighted by atomic mass is 9.67. The number of esters is 3. The molecule has 7 heteroatoms. The largest absolute Gasteiger partial charge is 0.456 e. The van der Waals surface area contributed by atoms with Crippen molar-refractivity contribution in [2.24, 2.45) is 10.8 Å². The van der Waals surface area contributed by atoms with Crippen molar-refractivity contribution in [3.63, 3.8) is 0 Å². The van der Waals surface area contributed by atoms with E-state index in [0.29, 0.717) is 0 Å². The minimum atomic E-state index is -1.24. The van der Waals surface area contributed by atoms with Crippen LogP contribution in [0.2, 0.25) is 0 Å². The summed E-state index contributed by atoms with van der Waals surface area (Å²) in [6, 6.07) is 0. The predicted molar refractivity (Wildman–Crippen MR) is 115 cm³/mol. The Kier molecular flexibility index (Phi) is 8.02. The van der Waals surface area contributed by atoms with E-state index in [0.717, 1.165) is 0 Å². The van der Waals surface area contributed by atoms with Crippen molar-refractivity contribution in [2.45, 2.75) is 112 Å². The van der Waals surface area contributed by atoms with Gasteiger partial charge in [-0.1, -0.05) is 0 Å². The molecule has 176 valence electrons. The number of carbonyl (C=O) groups is 3. The van der Waals surface area contributed by atoms with Crippen LogP contribution < -0.4 is 0 Å². The van der Waals surface area contributed by atoms with E-state index >= 15 is 0 Å². The van der Waals surface area contributed by atoms with E-state index in [2.05, 4.69) is 0 Å². The van der Waals surface area contributed by atoms with Gasteiger partial charge < -0.3 is 18.9 Å². The molecule has 0 aromatic heterocycles. The van der Waals surface area contributed by atoms with Crippen molar-refractivity contribution >= 4 is 17.9 Å². The highest BCUT2D eigenvalue weighted by atomic mass is 16.6. The molecule has 0 heterocycles. The number of methoxy groups -OCH3 is 1. The van der Waals surface area contributed by atoms with Crippen molar-refractivity contribution < 1.29 is 33.3 Å². The van der Waals surface area contributed by atoms with E-state index in [1.54, 1.807) is 76.3 Å². The highest BCUT2D eigenvalue weighted by molar-refractivity contribution is 5.87. The van der Waals surface area contributed by atoms with E-state index < -0.39 is 51.1 Å². The highest BCUT2D eigenvalue weighted by Gasteiger charge is 2.55. The Hall–Kier alpha value is -1.63. The van der Waals surface area contributed by atoms with Crippen LogP contribution in [0, 0.1) is 10.8 Å². The molecule has 0 aliphatic carbocycles. The predicted octanol–water partition coefficient (Wildman–Crippen LogP) is 4.45. The first-order chi connectivity index (χ1) is 13.0. The molecule has 0 bridgehead atoms. The van der Waals surface area contributed by atoms with Crippen LogP contribution in [0.5, 0.6) is 0 Å². The fourth-order valence-corrected chi connectivity index (χ4v) is 2.20. The Labute approximate surface area is 182 Å². The molecule has 0 radical (unpaired) electrons. The molecule has 0 fully saturated rings. The lowest BCUT2D eigenvalue weighted by molar-refractivity contribution is -0.216. The number of hydrogen-bond donors (Lipinski definition) is 0. The van der Waals surface area contributed by atoms with Gasteiger partial charge in [0.15, 0.2) is 0 Å². The van der Waals surface area contributed by atoms with Crippen molar-refractivity contribution in [2.75, 3.05) is 7.11 Å². The van der Waals surface area contributed by atoms with Crippen LogP contribution in [0.4, 0.5) is 0 Å². The lowest BCUT2D eigenvalue weighted by Crippen LogP contribution is -2.57. The molecule has 0 atom stereocenters. The SMILES string of the molecule is COC(C)(C)C(C)(C)OC(=O)C(C)(C)C(C)(C)C(=O)OC(C)(C)C(C)(C)OC(C)=O. The van der Waals surface area contributed by atoms with Gasteiger partial charge in [0, 0.05) is 14.0 Å². The zero-order valence-corrected chi connectivity index (χ0v) is 21.4. The minimum absolute atomic E-state index is 0.477. The maximum Gasteiger partial charge on any atom is 0.313 e. The number of rotatable bonds is 9. The molecule has 0 saturated heterocycles. The van der Waals surface area contributed by atoms with Gasteiger partial charge in [-0.25, -0.2) is 0 Å². The molecule has 0 aliphatic rings. The molecular weight excluding hydrogens is 388 g/mol. The molecule has 0 spiro atoms. The Bertz CT molecular complexity index is 667. The van der Waals surface area contributed by atoms with Crippen molar-refractivity contribution in [3.05, 3.63) is 0 Å². The van der Waals surface area contributed by atoms with Crippen LogP contribution in [0.1, 0.15) is 90.0 Å². The second-order valence-corrected chi connectivity index (χ2v) is 10.9. The smallest absolute Gasteiger partial charge is 0.313 e. The molecule has 0 aromatic carbocycles. The van der Waals surface area contributed by atoms with Crippen LogP contribution in [0.3, 0.4) is 0 Å². The van der Waals surface area contributed by atoms with Crippen LogP contribution in [-0.2, 0) is 33.3 Å². The third kappa shape index (κ3) is 5.54. The van der Waals surface area contributed by atoms with Crippen molar-refractivity contribution in [3.8, 4) is 0 Å². The fourth-order valence-electron chi connectivity index (χ4n) is 2.20. The molecule has 0 aliphatic heterocycles. The molecule has 0 amide bonds. The monoisotopic (exact) mass is 430 g/mol. The Morgan fingerprint density at radius 2 is 0.767 bits per heavy atom. The molecular formula is C23H42O7. The average Bonchev–Trinajstić information content (AvgIpc) is 2.51. The van der Waals surface area contributed by atoms with Gasteiger partial charge >= 0.3 is 17.9 Å². The summed E-state index contributed by atoms with van der Waals surface area (Å²) in [6.45, 7) is 21.7. The zero-order chi connectivity index (χ0) is 24.6. The van der Waals surface area contributed by atoms with E-state index in [4.69, 9.17) is 18.9 Å². The van der Waals surface area contributed by atoms with Gasteiger partial charge in [0.05, 0.1) is 10.8 Å². The minimum Gasteiger partial charge on any atom is -0.456 e. The quantitative estimate of drug-likeness (QED) is 0.394. The number of hydrogen-bond acceptors (Lipinski definition) is 7. The van der Waals surface area contributed by atoms with E-state index in [1.807, 2.05) is 13.8 Å². The number of ether oxygens (including phenoxy) is 4. The van der Waals surface area contributed by atoms with Gasteiger partial charge in [-0.3, -0.25) is 14.4 Å². The van der Waals surface area contributed by atoms with Gasteiger partial charge in [-0.05, 0) is 83.1 Å². The lowest BCUT2D eigenvalue weighted by Gasteiger charge is -2.46. The van der Waals surface area contributed by atoms with Crippen LogP contribution in [-0.4, -0.2) is 47.4 Å². The third-order valence-electron chi connectivity index (χ3n) is 7.09. The summed E-state index contributed by atoms with van der Waals surface area (Å²) >= 11 is 0. The maximum atomic E-state index is 13.2. The van der Waals surface area contributed by atoms with Crippen LogP contribution in [0.15, 0.2) is 0 Å². The molecule has 7 nitrogen and oxygen atoms in total. The Balaban J connectivity index is 5.75. The molecule has 0 unspecified atom stereocenters. The van der Waals surface area contributed by atoms with Gasteiger partial charge in [-0.15, -0.1) is 0 Å². The summed E-state index contributed by atoms with van der Waals surface area (Å²) in [4.78, 5) is 37.8. The topological polar surface area (TPSA) is 88.1 Å². The summed E-state index contributed by atoms with van der Waals surface area (Å²) in [5, 5.41) is 0. The van der Waals surface area contributed by atoms with Crippen molar-refractivity contribution in [1.82, 2.24) is 0 Å². The average molecular weight is 431 g/mol. The first-order valence-corrected chi connectivity index (χ1v) is 10.2. The summed E-state index contributed by atoms with van der Waals surface area (Å²) in [5.74, 6) is -1.62. The van der Waals surface area contributed by atoms with Crippen molar-refractivity contribution in [1.29, 1.82) is 0 Å². The van der Waals surface area contributed by atoms with E-state index in [9.17, 15) is 14.4 Å². The summed E-state index contributed by atoms with van der Waals surface area (Å²) in [6.07, 6.45) is 0. The molecule has 0 saturated carbocycles. The zero-order valence-electron chi connectivity index (χ0n) is 21.4. The maximum absolute atomic E-state index is 13.2. The summed E-state index contributed by atoms with van der Waals surface area (Å²) in [5.41, 5.74) is -6.33. The Morgan fingerprint density at radius 3 is 1.03 bits per heavy atom.